The van der Waals surface area contributed by atoms with Crippen LogP contribution in [-0.4, -0.2) is 59.7 Å². The van der Waals surface area contributed by atoms with E-state index in [0.29, 0.717) is 53.2 Å². The molecule has 10 heteroatoms. The highest BCUT2D eigenvalue weighted by Gasteiger charge is 2.27. The number of hydrogen-bond acceptors (Lipinski definition) is 8. The van der Waals surface area contributed by atoms with Crippen LogP contribution in [0.2, 0.25) is 0 Å². The fraction of sp³-hybridized carbons (Fsp3) is 0.267. The third-order valence-corrected chi connectivity index (χ3v) is 6.81. The maximum Gasteiger partial charge on any atom is 0.248 e. The zero-order valence-electron chi connectivity index (χ0n) is 22.8. The van der Waals surface area contributed by atoms with E-state index in [0.717, 1.165) is 29.3 Å². The van der Waals surface area contributed by atoms with Crippen molar-refractivity contribution in [1.29, 1.82) is 5.26 Å². The van der Waals surface area contributed by atoms with Gasteiger partial charge < -0.3 is 30.0 Å². The van der Waals surface area contributed by atoms with Crippen LogP contribution in [-0.2, 0) is 4.79 Å². The van der Waals surface area contributed by atoms with Crippen molar-refractivity contribution >= 4 is 34.0 Å². The summed E-state index contributed by atoms with van der Waals surface area (Å²) >= 11 is 0. The van der Waals surface area contributed by atoms with Gasteiger partial charge in [-0.15, -0.1) is 0 Å². The molecule has 0 atom stereocenters. The van der Waals surface area contributed by atoms with E-state index in [1.807, 2.05) is 37.2 Å². The summed E-state index contributed by atoms with van der Waals surface area (Å²) < 4.78 is 13.8. The summed E-state index contributed by atoms with van der Waals surface area (Å²) in [7, 11) is 5.41. The number of ether oxygens (including phenoxy) is 2. The van der Waals surface area contributed by atoms with E-state index in [-0.39, 0.29) is 11.5 Å². The number of nitrogens with two attached hydrogens (primary N) is 1. The van der Waals surface area contributed by atoms with Gasteiger partial charge in [0.15, 0.2) is 0 Å². The molecule has 10 nitrogen and oxygen atoms in total. The van der Waals surface area contributed by atoms with Gasteiger partial charge >= 0.3 is 0 Å². The molecule has 1 aliphatic carbocycles. The zero-order chi connectivity index (χ0) is 28.4. The molecule has 2 aromatic carbocycles. The van der Waals surface area contributed by atoms with Gasteiger partial charge in [0.2, 0.25) is 11.9 Å². The van der Waals surface area contributed by atoms with Crippen molar-refractivity contribution in [3.8, 4) is 28.8 Å². The van der Waals surface area contributed by atoms with Crippen LogP contribution in [0.5, 0.6) is 11.5 Å². The lowest BCUT2D eigenvalue weighted by Gasteiger charge is -2.18. The number of amides is 1. The first-order chi connectivity index (χ1) is 19.3. The zero-order valence-corrected chi connectivity index (χ0v) is 22.8. The summed E-state index contributed by atoms with van der Waals surface area (Å²) in [6.45, 7) is 4.91. The Labute approximate surface area is 232 Å². The number of nitrogens with zero attached hydrogens (tertiary/aromatic N) is 5. The minimum atomic E-state index is -0.669. The Morgan fingerprint density at radius 3 is 2.73 bits per heavy atom. The van der Waals surface area contributed by atoms with Crippen LogP contribution in [0.1, 0.15) is 30.0 Å². The number of nitrogens with one attached hydrogen (secondary N) is 1. The van der Waals surface area contributed by atoms with Crippen LogP contribution in [0.4, 0.5) is 11.6 Å². The normalized spacial score (nSPS) is 12.8. The van der Waals surface area contributed by atoms with Crippen molar-refractivity contribution in [1.82, 2.24) is 19.4 Å². The Morgan fingerprint density at radius 2 is 2.05 bits per heavy atom. The number of rotatable bonds is 11. The standard InChI is InChI=1S/C30H31N7O3/c1-18(29(32)38)22-13-24(27(39-4)14-26(22)40-12-11-36(2)3)34-30-33-16-19(15-31)28(35-30)23-17-37(20-9-10-20)25-8-6-5-7-21(23)25/h5-8,13-14,16-17,20H,1,9-12H2,2-4H3,(H2,32,38)(H,33,34,35). The average molecular weight is 538 g/mol. The number of hydrogen-bond donors (Lipinski definition) is 2. The summed E-state index contributed by atoms with van der Waals surface area (Å²) in [5.41, 5.74) is 9.44. The van der Waals surface area contributed by atoms with Crippen LogP contribution in [0.15, 0.2) is 55.4 Å². The molecule has 0 radical (unpaired) electrons. The Morgan fingerprint density at radius 1 is 1.27 bits per heavy atom. The molecule has 0 spiro atoms. The molecule has 0 aliphatic heterocycles. The second-order valence-corrected chi connectivity index (χ2v) is 9.93. The number of anilines is 2. The van der Waals surface area contributed by atoms with E-state index < -0.39 is 5.91 Å². The molecule has 204 valence electrons. The van der Waals surface area contributed by atoms with Crippen LogP contribution in [0, 0.1) is 11.3 Å². The molecule has 1 aliphatic rings. The first-order valence-electron chi connectivity index (χ1n) is 12.9. The fourth-order valence-corrected chi connectivity index (χ4v) is 4.55. The van der Waals surface area contributed by atoms with Gasteiger partial charge in [0.05, 0.1) is 30.3 Å². The number of nitriles is 1. The number of carbonyl (C=O) groups is 1. The number of methoxy groups -OCH3 is 1. The minimum absolute atomic E-state index is 0.0971. The highest BCUT2D eigenvalue weighted by atomic mass is 16.5. The van der Waals surface area contributed by atoms with Crippen molar-refractivity contribution in [3.63, 3.8) is 0 Å². The van der Waals surface area contributed by atoms with Crippen molar-refractivity contribution < 1.29 is 14.3 Å². The minimum Gasteiger partial charge on any atom is -0.494 e. The fourth-order valence-electron chi connectivity index (χ4n) is 4.55. The van der Waals surface area contributed by atoms with E-state index in [1.54, 1.807) is 12.1 Å². The first-order valence-corrected chi connectivity index (χ1v) is 12.9. The van der Waals surface area contributed by atoms with Gasteiger partial charge in [-0.2, -0.15) is 5.26 Å². The van der Waals surface area contributed by atoms with Crippen LogP contribution >= 0.6 is 0 Å². The second kappa shape index (κ2) is 11.1. The molecular formula is C30H31N7O3. The Kier molecular flexibility index (Phi) is 7.40. The number of primary amides is 1. The Bertz CT molecular complexity index is 1650. The molecule has 4 aromatic rings. The molecule has 1 saturated carbocycles. The van der Waals surface area contributed by atoms with Gasteiger partial charge in [0.25, 0.3) is 0 Å². The molecule has 40 heavy (non-hydrogen) atoms. The lowest BCUT2D eigenvalue weighted by Crippen LogP contribution is -2.20. The molecule has 2 aromatic heterocycles. The van der Waals surface area contributed by atoms with Gasteiger partial charge in [-0.05, 0) is 39.1 Å². The molecular weight excluding hydrogens is 506 g/mol. The molecule has 2 heterocycles. The molecule has 0 saturated heterocycles. The number of aromatic nitrogens is 3. The van der Waals surface area contributed by atoms with Crippen molar-refractivity contribution in [2.45, 2.75) is 18.9 Å². The van der Waals surface area contributed by atoms with E-state index >= 15 is 0 Å². The lowest BCUT2D eigenvalue weighted by molar-refractivity contribution is -0.112. The van der Waals surface area contributed by atoms with Gasteiger partial charge in [-0.1, -0.05) is 24.8 Å². The molecule has 3 N–H and O–H groups in total. The number of carbonyl (C=O) groups excluding carboxylic acids is 1. The predicted octanol–water partition coefficient (Wildman–Crippen LogP) is 4.50. The molecule has 0 bridgehead atoms. The Balaban J connectivity index is 1.55. The number of benzene rings is 2. The van der Waals surface area contributed by atoms with E-state index in [1.165, 1.54) is 13.3 Å². The monoisotopic (exact) mass is 537 g/mol. The number of para-hydroxylation sites is 1. The smallest absolute Gasteiger partial charge is 0.248 e. The van der Waals surface area contributed by atoms with Crippen molar-refractivity contribution in [3.05, 3.63) is 66.5 Å². The van der Waals surface area contributed by atoms with Gasteiger partial charge in [-0.3, -0.25) is 4.79 Å². The number of likely N-dealkylation sites (N-methyl/N-ethyl adjacent to an activating group) is 1. The molecule has 1 fully saturated rings. The molecule has 0 unspecified atom stereocenters. The van der Waals surface area contributed by atoms with Crippen LogP contribution in [0.25, 0.3) is 27.7 Å². The van der Waals surface area contributed by atoms with Gasteiger partial charge in [0.1, 0.15) is 24.2 Å². The summed E-state index contributed by atoms with van der Waals surface area (Å²) in [5, 5.41) is 14.1. The second-order valence-electron chi connectivity index (χ2n) is 9.93. The number of fused-ring (bicyclic) bond motifs is 1. The van der Waals surface area contributed by atoms with E-state index in [2.05, 4.69) is 39.8 Å². The molecule has 1 amide bonds. The maximum absolute atomic E-state index is 12.0. The lowest BCUT2D eigenvalue weighted by atomic mass is 10.0. The first kappa shape index (κ1) is 26.7. The van der Waals surface area contributed by atoms with E-state index in [4.69, 9.17) is 20.2 Å². The quantitative estimate of drug-likeness (QED) is 0.268. The maximum atomic E-state index is 12.0. The third-order valence-electron chi connectivity index (χ3n) is 6.81. The van der Waals surface area contributed by atoms with Crippen molar-refractivity contribution in [2.24, 2.45) is 5.73 Å². The summed E-state index contributed by atoms with van der Waals surface area (Å²) in [6.07, 6.45) is 5.84. The summed E-state index contributed by atoms with van der Waals surface area (Å²) in [6, 6.07) is 14.2. The van der Waals surface area contributed by atoms with E-state index in [9.17, 15) is 10.1 Å². The molecule has 5 rings (SSSR count). The SMILES string of the molecule is C=C(C(N)=O)c1cc(Nc2ncc(C#N)c(-c3cn(C4CC4)c4ccccc34)n2)c(OC)cc1OCCN(C)C. The van der Waals surface area contributed by atoms with Crippen LogP contribution in [0.3, 0.4) is 0 Å². The van der Waals surface area contributed by atoms with Gasteiger partial charge in [0, 0.05) is 52.5 Å². The summed E-state index contributed by atoms with van der Waals surface area (Å²) in [5.74, 6) is 0.452. The summed E-state index contributed by atoms with van der Waals surface area (Å²) in [4.78, 5) is 23.2. The van der Waals surface area contributed by atoms with Crippen molar-refractivity contribution in [2.75, 3.05) is 39.7 Å². The highest BCUT2D eigenvalue weighted by Crippen LogP contribution is 2.42. The average Bonchev–Trinajstić information content (AvgIpc) is 3.72. The van der Waals surface area contributed by atoms with Gasteiger partial charge in [-0.25, -0.2) is 9.97 Å². The predicted molar refractivity (Wildman–Crippen MR) is 155 cm³/mol. The topological polar surface area (TPSA) is 131 Å². The largest absolute Gasteiger partial charge is 0.494 e. The Hall–Kier alpha value is -4.88. The third kappa shape index (κ3) is 5.32. The highest BCUT2D eigenvalue weighted by molar-refractivity contribution is 6.19. The van der Waals surface area contributed by atoms with Crippen LogP contribution < -0.4 is 20.5 Å².